The molecule has 0 spiro atoms. The van der Waals surface area contributed by atoms with Crippen molar-refractivity contribution in [3.05, 3.63) is 90.0 Å². The number of benzene rings is 3. The largest absolute Gasteiger partial charge is 0.496 e. The normalized spacial score (nSPS) is 10.6. The maximum atomic E-state index is 10.7. The smallest absolute Gasteiger partial charge is 0.328 e. The van der Waals surface area contributed by atoms with Gasteiger partial charge in [0.25, 0.3) is 0 Å². The first-order valence-corrected chi connectivity index (χ1v) is 8.68. The zero-order chi connectivity index (χ0) is 19.8. The van der Waals surface area contributed by atoms with E-state index in [2.05, 4.69) is 0 Å². The number of rotatable bonds is 8. The first-order chi connectivity index (χ1) is 13.7. The summed E-state index contributed by atoms with van der Waals surface area (Å²) in [4.78, 5) is 10.7. The number of hydrogen-bond acceptors (Lipinski definition) is 4. The number of carboxylic acids is 1. The van der Waals surface area contributed by atoms with E-state index in [1.807, 2.05) is 60.7 Å². The van der Waals surface area contributed by atoms with Crippen molar-refractivity contribution >= 4 is 12.0 Å². The van der Waals surface area contributed by atoms with Crippen LogP contribution < -0.4 is 14.2 Å². The Labute approximate surface area is 163 Å². The Morgan fingerprint density at radius 1 is 0.929 bits per heavy atom. The third-order valence-electron chi connectivity index (χ3n) is 3.93. The molecule has 0 amide bonds. The molecule has 1 N–H and O–H groups in total. The number of aliphatic carboxylic acids is 1. The van der Waals surface area contributed by atoms with Crippen molar-refractivity contribution in [3.8, 4) is 23.0 Å². The van der Waals surface area contributed by atoms with E-state index in [4.69, 9.17) is 19.3 Å². The van der Waals surface area contributed by atoms with Gasteiger partial charge in [0, 0.05) is 11.6 Å². The van der Waals surface area contributed by atoms with E-state index < -0.39 is 5.97 Å². The highest BCUT2D eigenvalue weighted by Crippen LogP contribution is 2.32. The van der Waals surface area contributed by atoms with Crippen LogP contribution in [0.15, 0.2) is 78.9 Å². The number of methoxy groups -OCH3 is 1. The van der Waals surface area contributed by atoms with Crippen LogP contribution in [0.2, 0.25) is 0 Å². The Morgan fingerprint density at radius 3 is 2.36 bits per heavy atom. The molecule has 0 aliphatic carbocycles. The van der Waals surface area contributed by atoms with Crippen LogP contribution in [0, 0.1) is 0 Å². The number of carbonyl (C=O) groups is 1. The minimum absolute atomic E-state index is 0.243. The van der Waals surface area contributed by atoms with Crippen LogP contribution in [0.1, 0.15) is 11.1 Å². The maximum Gasteiger partial charge on any atom is 0.328 e. The predicted octanol–water partition coefficient (Wildman–Crippen LogP) is 5.16. The first-order valence-electron chi connectivity index (χ1n) is 8.68. The molecule has 5 heteroatoms. The van der Waals surface area contributed by atoms with Gasteiger partial charge in [0.15, 0.2) is 11.5 Å². The van der Waals surface area contributed by atoms with E-state index in [9.17, 15) is 4.79 Å². The summed E-state index contributed by atoms with van der Waals surface area (Å²) in [5.41, 5.74) is 1.54. The van der Waals surface area contributed by atoms with Gasteiger partial charge in [-0.2, -0.15) is 0 Å². The Bertz CT molecular complexity index is 964. The van der Waals surface area contributed by atoms with Gasteiger partial charge in [0.2, 0.25) is 0 Å². The highest BCUT2D eigenvalue weighted by Gasteiger charge is 2.09. The van der Waals surface area contributed by atoms with E-state index in [1.165, 1.54) is 6.08 Å². The second-order valence-corrected chi connectivity index (χ2v) is 5.89. The molecule has 142 valence electrons. The fraction of sp³-hybridized carbons (Fsp3) is 0.0870. The van der Waals surface area contributed by atoms with Gasteiger partial charge >= 0.3 is 5.97 Å². The standard InChI is InChI=1S/C23H20O5/c1-26-20-13-11-17(12-14-23(24)25)15-18(20)16-27-21-9-5-6-10-22(21)28-19-7-3-2-4-8-19/h2-15H,16H2,1H3,(H,24,25)/b14-12+. The van der Waals surface area contributed by atoms with Gasteiger partial charge in [-0.1, -0.05) is 36.4 Å². The molecule has 0 bridgehead atoms. The van der Waals surface area contributed by atoms with Gasteiger partial charge < -0.3 is 19.3 Å². The van der Waals surface area contributed by atoms with Gasteiger partial charge in [-0.05, 0) is 48.0 Å². The second-order valence-electron chi connectivity index (χ2n) is 5.89. The molecular weight excluding hydrogens is 356 g/mol. The van der Waals surface area contributed by atoms with Crippen molar-refractivity contribution in [3.63, 3.8) is 0 Å². The first kappa shape index (κ1) is 19.0. The highest BCUT2D eigenvalue weighted by atomic mass is 16.5. The summed E-state index contributed by atoms with van der Waals surface area (Å²) in [6.45, 7) is 0.243. The number of para-hydroxylation sites is 3. The summed E-state index contributed by atoms with van der Waals surface area (Å²) < 4.78 is 17.3. The minimum atomic E-state index is -0.999. The highest BCUT2D eigenvalue weighted by molar-refractivity contribution is 5.85. The zero-order valence-corrected chi connectivity index (χ0v) is 15.4. The topological polar surface area (TPSA) is 65.0 Å². The van der Waals surface area contributed by atoms with Gasteiger partial charge in [-0.25, -0.2) is 4.79 Å². The average molecular weight is 376 g/mol. The Hall–Kier alpha value is -3.73. The van der Waals surface area contributed by atoms with Crippen LogP contribution >= 0.6 is 0 Å². The lowest BCUT2D eigenvalue weighted by Gasteiger charge is -2.14. The summed E-state index contributed by atoms with van der Waals surface area (Å²) in [5, 5.41) is 8.80. The SMILES string of the molecule is COc1ccc(/C=C/C(=O)O)cc1COc1ccccc1Oc1ccccc1. The van der Waals surface area contributed by atoms with Crippen LogP contribution in [0.4, 0.5) is 0 Å². The Balaban J connectivity index is 1.78. The molecule has 0 aliphatic heterocycles. The number of ether oxygens (including phenoxy) is 3. The molecular formula is C23H20O5. The average Bonchev–Trinajstić information content (AvgIpc) is 2.72. The van der Waals surface area contributed by atoms with E-state index >= 15 is 0 Å². The van der Waals surface area contributed by atoms with Crippen LogP contribution in [0.25, 0.3) is 6.08 Å². The lowest BCUT2D eigenvalue weighted by Crippen LogP contribution is -2.00. The molecule has 0 heterocycles. The van der Waals surface area contributed by atoms with E-state index in [0.717, 1.165) is 23.0 Å². The molecule has 0 radical (unpaired) electrons. The maximum absolute atomic E-state index is 10.7. The third-order valence-corrected chi connectivity index (χ3v) is 3.93. The van der Waals surface area contributed by atoms with Crippen LogP contribution in [0.3, 0.4) is 0 Å². The van der Waals surface area contributed by atoms with Crippen molar-refractivity contribution in [2.45, 2.75) is 6.61 Å². The summed E-state index contributed by atoms with van der Waals surface area (Å²) in [7, 11) is 1.58. The van der Waals surface area contributed by atoms with Gasteiger partial charge in [-0.3, -0.25) is 0 Å². The lowest BCUT2D eigenvalue weighted by atomic mass is 10.1. The van der Waals surface area contributed by atoms with Crippen LogP contribution in [-0.2, 0) is 11.4 Å². The third kappa shape index (κ3) is 5.14. The van der Waals surface area contributed by atoms with Crippen molar-refractivity contribution in [2.24, 2.45) is 0 Å². The molecule has 0 saturated heterocycles. The molecule has 0 unspecified atom stereocenters. The summed E-state index contributed by atoms with van der Waals surface area (Å²) in [6.07, 6.45) is 2.62. The van der Waals surface area contributed by atoms with Gasteiger partial charge in [0.1, 0.15) is 18.1 Å². The summed E-state index contributed by atoms with van der Waals surface area (Å²) >= 11 is 0. The monoisotopic (exact) mass is 376 g/mol. The minimum Gasteiger partial charge on any atom is -0.496 e. The summed E-state index contributed by atoms with van der Waals surface area (Å²) in [5.74, 6) is 1.58. The van der Waals surface area contributed by atoms with E-state index in [1.54, 1.807) is 19.2 Å². The summed E-state index contributed by atoms with van der Waals surface area (Å²) in [6, 6.07) is 22.3. The van der Waals surface area contributed by atoms with Gasteiger partial charge in [-0.15, -0.1) is 0 Å². The van der Waals surface area contributed by atoms with Gasteiger partial charge in [0.05, 0.1) is 7.11 Å². The second kappa shape index (κ2) is 9.28. The molecule has 28 heavy (non-hydrogen) atoms. The fourth-order valence-electron chi connectivity index (χ4n) is 2.61. The Morgan fingerprint density at radius 2 is 1.64 bits per heavy atom. The van der Waals surface area contributed by atoms with E-state index in [-0.39, 0.29) is 6.61 Å². The molecule has 0 atom stereocenters. The van der Waals surface area contributed by atoms with Crippen molar-refractivity contribution in [1.82, 2.24) is 0 Å². The molecule has 3 aromatic rings. The molecule has 0 aromatic heterocycles. The number of hydrogen-bond donors (Lipinski definition) is 1. The number of carboxylic acid groups (broad SMARTS) is 1. The molecule has 3 rings (SSSR count). The molecule has 0 fully saturated rings. The Kier molecular flexibility index (Phi) is 6.31. The van der Waals surface area contributed by atoms with Crippen LogP contribution in [-0.4, -0.2) is 18.2 Å². The zero-order valence-electron chi connectivity index (χ0n) is 15.4. The quantitative estimate of drug-likeness (QED) is 0.550. The predicted molar refractivity (Wildman–Crippen MR) is 107 cm³/mol. The molecule has 5 nitrogen and oxygen atoms in total. The van der Waals surface area contributed by atoms with Crippen molar-refractivity contribution in [1.29, 1.82) is 0 Å². The van der Waals surface area contributed by atoms with E-state index in [0.29, 0.717) is 17.2 Å². The van der Waals surface area contributed by atoms with Crippen LogP contribution in [0.5, 0.6) is 23.0 Å². The van der Waals surface area contributed by atoms with Crippen molar-refractivity contribution in [2.75, 3.05) is 7.11 Å². The molecule has 0 aliphatic rings. The fourth-order valence-corrected chi connectivity index (χ4v) is 2.61. The van der Waals surface area contributed by atoms with Crippen molar-refractivity contribution < 1.29 is 24.1 Å². The molecule has 3 aromatic carbocycles. The molecule has 0 saturated carbocycles. The lowest BCUT2D eigenvalue weighted by molar-refractivity contribution is -0.131.